The third-order valence-corrected chi connectivity index (χ3v) is 66.4. The maximum Gasteiger partial charge on any atom is 0.314 e. The van der Waals surface area contributed by atoms with Gasteiger partial charge in [0.15, 0.2) is 0 Å². The molecule has 0 aromatic heterocycles. The van der Waals surface area contributed by atoms with Crippen molar-refractivity contribution in [1.82, 2.24) is 0 Å². The summed E-state index contributed by atoms with van der Waals surface area (Å²) in [5, 5.41) is 0. The quantitative estimate of drug-likeness (QED) is 0.213. The minimum Gasteiger partial charge on any atom is -0.416 e. The molecule has 0 saturated carbocycles. The second kappa shape index (κ2) is 19.6. The van der Waals surface area contributed by atoms with Gasteiger partial charge in [-0.3, -0.25) is 0 Å². The summed E-state index contributed by atoms with van der Waals surface area (Å²) in [6.45, 7) is 61.7. The van der Waals surface area contributed by atoms with Gasteiger partial charge in [0.25, 0.3) is 0 Å². The fraction of sp³-hybridized carbons (Fsp3) is 1.00. The summed E-state index contributed by atoms with van der Waals surface area (Å²) in [4.78, 5) is 0. The maximum absolute atomic E-state index is 6.86. The molecule has 360 valence electrons. The predicted molar refractivity (Wildman–Crippen MR) is 279 cm³/mol. The summed E-state index contributed by atoms with van der Waals surface area (Å²) in [5.41, 5.74) is 0. The molecule has 0 aliphatic carbocycles. The first-order valence-electron chi connectivity index (χ1n) is 21.1. The van der Waals surface area contributed by atoms with Crippen molar-refractivity contribution in [1.29, 1.82) is 0 Å². The third-order valence-electron chi connectivity index (χ3n) is 7.37. The van der Waals surface area contributed by atoms with Crippen LogP contribution in [0.5, 0.6) is 0 Å². The van der Waals surface area contributed by atoms with Gasteiger partial charge in [0.1, 0.15) is 0 Å². The summed E-state index contributed by atoms with van der Waals surface area (Å²) in [6, 6.07) is 0. The molecular formula is C30H90O15Si15. The van der Waals surface area contributed by atoms with Crippen LogP contribution in [-0.2, 0) is 61.7 Å². The van der Waals surface area contributed by atoms with E-state index in [1.165, 1.54) is 0 Å². The predicted octanol–water partition coefficient (Wildman–Crippen LogP) is 10.8. The molecule has 1 aliphatic rings. The molecule has 15 nitrogen and oxygen atoms in total. The van der Waals surface area contributed by atoms with Gasteiger partial charge in [-0.25, -0.2) is 0 Å². The second-order valence-electron chi connectivity index (χ2n) is 22.5. The molecule has 0 aromatic carbocycles. The van der Waals surface area contributed by atoms with E-state index in [0.29, 0.717) is 0 Å². The van der Waals surface area contributed by atoms with E-state index in [1.54, 1.807) is 0 Å². The summed E-state index contributed by atoms with van der Waals surface area (Å²) < 4.78 is 103. The minimum absolute atomic E-state index is 2.06. The van der Waals surface area contributed by atoms with E-state index in [1.807, 2.05) is 0 Å². The van der Waals surface area contributed by atoms with E-state index >= 15 is 0 Å². The Kier molecular flexibility index (Phi) is 19.8. The smallest absolute Gasteiger partial charge is 0.314 e. The Morgan fingerprint density at radius 2 is 0.133 bits per heavy atom. The molecule has 1 fully saturated rings. The van der Waals surface area contributed by atoms with Gasteiger partial charge in [-0.1, -0.05) is 0 Å². The zero-order valence-corrected chi connectivity index (χ0v) is 58.6. The van der Waals surface area contributed by atoms with Crippen molar-refractivity contribution in [3.8, 4) is 0 Å². The molecule has 0 aromatic rings. The average molecular weight is 1110 g/mol. The number of hydrogen-bond donors (Lipinski definition) is 0. The lowest BCUT2D eigenvalue weighted by Crippen LogP contribution is -2.64. The molecule has 0 N–H and O–H groups in total. The molecule has 1 aliphatic heterocycles. The molecule has 0 amide bonds. The first-order chi connectivity index (χ1) is 25.6. The van der Waals surface area contributed by atoms with Crippen LogP contribution in [0.25, 0.3) is 0 Å². The monoisotopic (exact) mass is 1110 g/mol. The lowest BCUT2D eigenvalue weighted by Gasteiger charge is -2.46. The van der Waals surface area contributed by atoms with E-state index in [4.69, 9.17) is 61.7 Å². The Balaban J connectivity index is 3.65. The summed E-state index contributed by atoms with van der Waals surface area (Å²) in [5.74, 6) is 0. The van der Waals surface area contributed by atoms with Crippen LogP contribution in [0, 0.1) is 0 Å². The molecule has 1 heterocycles. The molecule has 60 heavy (non-hydrogen) atoms. The molecule has 0 atom stereocenters. The van der Waals surface area contributed by atoms with Crippen LogP contribution < -0.4 is 0 Å². The molecule has 1 saturated heterocycles. The van der Waals surface area contributed by atoms with Crippen molar-refractivity contribution >= 4 is 128 Å². The second-order valence-corrected chi connectivity index (χ2v) is 76.8. The summed E-state index contributed by atoms with van der Waals surface area (Å²) >= 11 is 0. The van der Waals surface area contributed by atoms with Gasteiger partial charge in [0.05, 0.1) is 0 Å². The van der Waals surface area contributed by atoms with Crippen LogP contribution in [0.15, 0.2) is 0 Å². The fourth-order valence-electron chi connectivity index (χ4n) is 9.19. The van der Waals surface area contributed by atoms with Crippen molar-refractivity contribution in [3.05, 3.63) is 0 Å². The van der Waals surface area contributed by atoms with Crippen LogP contribution in [0.3, 0.4) is 0 Å². The third kappa shape index (κ3) is 25.1. The summed E-state index contributed by atoms with van der Waals surface area (Å²) in [6.07, 6.45) is 0. The molecular weight excluding hydrogens is 1020 g/mol. The van der Waals surface area contributed by atoms with Gasteiger partial charge in [0, 0.05) is 0 Å². The van der Waals surface area contributed by atoms with Crippen molar-refractivity contribution < 1.29 is 61.7 Å². The van der Waals surface area contributed by atoms with E-state index in [2.05, 4.69) is 196 Å². The molecule has 0 bridgehead atoms. The van der Waals surface area contributed by atoms with Crippen LogP contribution in [0.4, 0.5) is 0 Å². The highest BCUT2D eigenvalue weighted by Gasteiger charge is 2.54. The van der Waals surface area contributed by atoms with Gasteiger partial charge in [-0.05, 0) is 196 Å². The van der Waals surface area contributed by atoms with Crippen LogP contribution in [-0.4, -0.2) is 128 Å². The van der Waals surface area contributed by atoms with Crippen molar-refractivity contribution in [3.63, 3.8) is 0 Å². The van der Waals surface area contributed by atoms with Crippen molar-refractivity contribution in [2.45, 2.75) is 196 Å². The lowest BCUT2D eigenvalue weighted by atomic mass is 11.9. The Bertz CT molecular complexity index is 970. The van der Waals surface area contributed by atoms with Gasteiger partial charge >= 0.3 is 128 Å². The first-order valence-corrected chi connectivity index (χ1v) is 63.4. The first kappa shape index (κ1) is 60.7. The van der Waals surface area contributed by atoms with Crippen LogP contribution in [0.1, 0.15) is 0 Å². The largest absolute Gasteiger partial charge is 0.416 e. The molecule has 0 unspecified atom stereocenters. The molecule has 0 spiro atoms. The highest BCUT2D eigenvalue weighted by atomic mass is 28.5. The highest BCUT2D eigenvalue weighted by Crippen LogP contribution is 2.34. The van der Waals surface area contributed by atoms with E-state index in [0.717, 1.165) is 0 Å². The van der Waals surface area contributed by atoms with E-state index < -0.39 is 128 Å². The van der Waals surface area contributed by atoms with Crippen molar-refractivity contribution in [2.75, 3.05) is 0 Å². The fourth-order valence-corrected chi connectivity index (χ4v) is 88.3. The normalized spacial score (nSPS) is 31.5. The van der Waals surface area contributed by atoms with Gasteiger partial charge < -0.3 is 61.7 Å². The molecule has 30 heteroatoms. The Hall–Kier alpha value is 2.65. The van der Waals surface area contributed by atoms with E-state index in [-0.39, 0.29) is 0 Å². The topological polar surface area (TPSA) is 138 Å². The van der Waals surface area contributed by atoms with Crippen LogP contribution in [0.2, 0.25) is 196 Å². The number of hydrogen-bond acceptors (Lipinski definition) is 15. The SMILES string of the molecule is C[Si]1(C)O[Si](C)(C)O[Si](C)(C)O[Si](C)(C)O[Si](C)(C)O[Si](C)(C)O[Si](C)(C)O[Si](C)(C)O[Si](C)(C)O[Si](C)(C)O[Si](C)(C)O[Si](C)(C)O[Si](C)(C)O[Si](C)(C)O[Si](C)(C)O1. The highest BCUT2D eigenvalue weighted by molar-refractivity contribution is 6.95. The Morgan fingerprint density at radius 3 is 0.167 bits per heavy atom. The lowest BCUT2D eigenvalue weighted by molar-refractivity contribution is 0.246. The number of rotatable bonds is 0. The zero-order chi connectivity index (χ0) is 48.1. The van der Waals surface area contributed by atoms with E-state index in [9.17, 15) is 0 Å². The zero-order valence-electron chi connectivity index (χ0n) is 43.6. The van der Waals surface area contributed by atoms with Crippen molar-refractivity contribution in [2.24, 2.45) is 0 Å². The standard InChI is InChI=1S/C30H90O15Si15/c1-46(2)31-47(3,4)33-49(7,8)35-51(11,12)37-53(15,16)39-55(19,20)41-57(23,24)43-59(27,28)45-60(29,30)44-58(25,26)42-56(21,22)40-54(17,18)38-52(13,14)36-50(9,10)34-48(5,6)32-46/h1-30H3. The maximum atomic E-state index is 6.86. The molecule has 1 rings (SSSR count). The van der Waals surface area contributed by atoms with Gasteiger partial charge in [0.2, 0.25) is 0 Å². The minimum atomic E-state index is -2.78. The summed E-state index contributed by atoms with van der Waals surface area (Å²) in [7, 11) is -41.7. The molecule has 0 radical (unpaired) electrons. The van der Waals surface area contributed by atoms with Crippen LogP contribution >= 0.6 is 0 Å². The Labute approximate surface area is 383 Å². The Morgan fingerprint density at radius 1 is 0.100 bits per heavy atom. The average Bonchev–Trinajstić information content (AvgIpc) is 2.69. The van der Waals surface area contributed by atoms with Gasteiger partial charge in [-0.2, -0.15) is 0 Å². The van der Waals surface area contributed by atoms with Gasteiger partial charge in [-0.15, -0.1) is 0 Å².